The fourth-order valence-electron chi connectivity index (χ4n) is 5.37. The van der Waals surface area contributed by atoms with E-state index in [1.54, 1.807) is 6.07 Å². The maximum absolute atomic E-state index is 12.4. The molecule has 0 amide bonds. The highest BCUT2D eigenvalue weighted by atomic mass is 16.6. The van der Waals surface area contributed by atoms with Crippen LogP contribution >= 0.6 is 0 Å². The molecular weight excluding hydrogens is 466 g/mol. The van der Waals surface area contributed by atoms with Gasteiger partial charge in [-0.25, -0.2) is 0 Å². The van der Waals surface area contributed by atoms with Crippen LogP contribution in [0.2, 0.25) is 0 Å². The molecule has 1 fully saturated rings. The second-order valence-corrected chi connectivity index (χ2v) is 10.1. The number of esters is 1. The van der Waals surface area contributed by atoms with Crippen LogP contribution in [-0.2, 0) is 19.7 Å². The van der Waals surface area contributed by atoms with Gasteiger partial charge in [0.2, 0.25) is 5.72 Å². The van der Waals surface area contributed by atoms with E-state index < -0.39 is 39.5 Å². The zero-order valence-electron chi connectivity index (χ0n) is 20.0. The predicted molar refractivity (Wildman–Crippen MR) is 131 cm³/mol. The van der Waals surface area contributed by atoms with Crippen molar-refractivity contribution in [1.29, 1.82) is 0 Å². The zero-order valence-corrected chi connectivity index (χ0v) is 20.0. The van der Waals surface area contributed by atoms with Crippen LogP contribution in [0.15, 0.2) is 48.5 Å². The Bertz CT molecular complexity index is 1310. The quantitative estimate of drug-likeness (QED) is 0.337. The molecule has 10 heteroatoms. The standard InChI is InChI=1S/C26H27N3O7/c1-24(2)19-5-3-4-6-20(19)28(11-12-35-22(30)14-17-15-25(17,27)23(31)32)26(24)10-9-16-13-18(29(33)34)7-8-21(16)36-26/h3-10,13,17H,11-12,14-15,27H2,1-2H3,(H,31,32)/t17-,25?,26?/m0/s1. The molecule has 2 aromatic rings. The number of ether oxygens (including phenoxy) is 2. The molecule has 2 aromatic carbocycles. The number of carbonyl (C=O) groups is 2. The summed E-state index contributed by atoms with van der Waals surface area (Å²) in [4.78, 5) is 36.4. The molecule has 2 unspecified atom stereocenters. The summed E-state index contributed by atoms with van der Waals surface area (Å²) in [6.45, 7) is 4.51. The highest BCUT2D eigenvalue weighted by Crippen LogP contribution is 2.55. The molecule has 3 N–H and O–H groups in total. The number of nitro benzene ring substituents is 1. The lowest BCUT2D eigenvalue weighted by Crippen LogP contribution is -2.60. The second kappa shape index (κ2) is 8.06. The van der Waals surface area contributed by atoms with E-state index in [0.717, 1.165) is 11.3 Å². The maximum Gasteiger partial charge on any atom is 0.323 e. The largest absolute Gasteiger partial charge is 0.480 e. The van der Waals surface area contributed by atoms with Crippen LogP contribution in [0.5, 0.6) is 5.75 Å². The number of fused-ring (bicyclic) bond motifs is 2. The second-order valence-electron chi connectivity index (χ2n) is 10.1. The Morgan fingerprint density at radius 1 is 1.28 bits per heavy atom. The number of para-hydroxylation sites is 1. The van der Waals surface area contributed by atoms with E-state index in [4.69, 9.17) is 15.2 Å². The Balaban J connectivity index is 1.38. The number of benzene rings is 2. The molecule has 5 rings (SSSR count). The topological polar surface area (TPSA) is 145 Å². The Hall–Kier alpha value is -3.92. The van der Waals surface area contributed by atoms with Gasteiger partial charge in [-0.05, 0) is 50.1 Å². The highest BCUT2D eigenvalue weighted by molar-refractivity contribution is 5.85. The lowest BCUT2D eigenvalue weighted by molar-refractivity contribution is -0.384. The van der Waals surface area contributed by atoms with Crippen LogP contribution in [0.1, 0.15) is 37.8 Å². The molecule has 1 aliphatic carbocycles. The average Bonchev–Trinajstić information content (AvgIpc) is 3.46. The van der Waals surface area contributed by atoms with Crippen molar-refractivity contribution in [3.63, 3.8) is 0 Å². The zero-order chi connectivity index (χ0) is 25.9. The minimum Gasteiger partial charge on any atom is -0.480 e. The molecular formula is C26H27N3O7. The van der Waals surface area contributed by atoms with Crippen molar-refractivity contribution < 1.29 is 29.1 Å². The first kappa shape index (κ1) is 23.8. The van der Waals surface area contributed by atoms with Gasteiger partial charge >= 0.3 is 11.9 Å². The highest BCUT2D eigenvalue weighted by Gasteiger charge is 2.59. The van der Waals surface area contributed by atoms with Crippen LogP contribution in [0.25, 0.3) is 6.08 Å². The van der Waals surface area contributed by atoms with Gasteiger partial charge in [0.1, 0.15) is 17.9 Å². The summed E-state index contributed by atoms with van der Waals surface area (Å²) in [5, 5.41) is 20.4. The molecule has 36 heavy (non-hydrogen) atoms. The Kier molecular flexibility index (Phi) is 5.33. The lowest BCUT2D eigenvalue weighted by atomic mass is 9.76. The van der Waals surface area contributed by atoms with Gasteiger partial charge in [-0.2, -0.15) is 0 Å². The number of carbonyl (C=O) groups excluding carboxylic acids is 1. The third-order valence-corrected chi connectivity index (χ3v) is 7.66. The van der Waals surface area contributed by atoms with Crippen molar-refractivity contribution in [2.45, 2.75) is 43.4 Å². The summed E-state index contributed by atoms with van der Waals surface area (Å²) < 4.78 is 12.1. The molecule has 10 nitrogen and oxygen atoms in total. The van der Waals surface area contributed by atoms with Crippen molar-refractivity contribution >= 4 is 29.4 Å². The number of hydrogen-bond donors (Lipinski definition) is 2. The van der Waals surface area contributed by atoms with Gasteiger partial charge in [-0.1, -0.05) is 18.2 Å². The molecule has 0 radical (unpaired) electrons. The SMILES string of the molecule is CC1(C)c2ccccc2N(CCOC(=O)C[C@H]2CC2(N)C(=O)O)C12C=Cc1cc([N+](=O)[O-])ccc1O2. The number of carboxylic acids is 1. The van der Waals surface area contributed by atoms with Gasteiger partial charge in [0.05, 0.1) is 23.3 Å². The third kappa shape index (κ3) is 3.51. The number of aliphatic carboxylic acids is 1. The van der Waals surface area contributed by atoms with Gasteiger partial charge < -0.3 is 25.2 Å². The fourth-order valence-corrected chi connectivity index (χ4v) is 5.37. The molecule has 1 spiro atoms. The number of anilines is 1. The smallest absolute Gasteiger partial charge is 0.323 e. The monoisotopic (exact) mass is 493 g/mol. The van der Waals surface area contributed by atoms with Gasteiger partial charge in [0, 0.05) is 29.3 Å². The normalized spacial score (nSPS) is 26.6. The number of nitro groups is 1. The van der Waals surface area contributed by atoms with Crippen LogP contribution in [0, 0.1) is 16.0 Å². The first-order valence-corrected chi connectivity index (χ1v) is 11.7. The summed E-state index contributed by atoms with van der Waals surface area (Å²) in [5.41, 5.74) is 5.54. The lowest BCUT2D eigenvalue weighted by Gasteiger charge is -2.47. The summed E-state index contributed by atoms with van der Waals surface area (Å²) in [6.07, 6.45) is 3.95. The molecule has 2 heterocycles. The van der Waals surface area contributed by atoms with Crippen LogP contribution < -0.4 is 15.4 Å². The van der Waals surface area contributed by atoms with E-state index in [1.165, 1.54) is 12.1 Å². The van der Waals surface area contributed by atoms with E-state index in [2.05, 4.69) is 13.8 Å². The Morgan fingerprint density at radius 2 is 2.03 bits per heavy atom. The van der Waals surface area contributed by atoms with Crippen LogP contribution in [0.4, 0.5) is 11.4 Å². The third-order valence-electron chi connectivity index (χ3n) is 7.66. The van der Waals surface area contributed by atoms with Crippen LogP contribution in [0.3, 0.4) is 0 Å². The number of carboxylic acid groups (broad SMARTS) is 1. The fraction of sp³-hybridized carbons (Fsp3) is 0.385. The minimum absolute atomic E-state index is 0.0178. The molecule has 3 aliphatic rings. The molecule has 2 aliphatic heterocycles. The molecule has 0 bridgehead atoms. The molecule has 0 aromatic heterocycles. The Morgan fingerprint density at radius 3 is 2.72 bits per heavy atom. The van der Waals surface area contributed by atoms with E-state index in [0.29, 0.717) is 17.9 Å². The number of non-ortho nitro benzene ring substituents is 1. The number of hydrogen-bond acceptors (Lipinski definition) is 8. The summed E-state index contributed by atoms with van der Waals surface area (Å²) >= 11 is 0. The van der Waals surface area contributed by atoms with E-state index in [1.807, 2.05) is 41.3 Å². The van der Waals surface area contributed by atoms with Crippen molar-refractivity contribution in [3.05, 3.63) is 69.8 Å². The minimum atomic E-state index is -1.34. The average molecular weight is 494 g/mol. The van der Waals surface area contributed by atoms with E-state index in [-0.39, 0.29) is 25.1 Å². The van der Waals surface area contributed by atoms with Gasteiger partial charge in [-0.3, -0.25) is 19.7 Å². The van der Waals surface area contributed by atoms with Gasteiger partial charge in [-0.15, -0.1) is 0 Å². The number of rotatable bonds is 7. The predicted octanol–water partition coefficient (Wildman–Crippen LogP) is 3.23. The molecule has 1 saturated carbocycles. The number of nitrogens with zero attached hydrogens (tertiary/aromatic N) is 2. The van der Waals surface area contributed by atoms with Crippen molar-refractivity contribution in [2.75, 3.05) is 18.1 Å². The molecule has 188 valence electrons. The van der Waals surface area contributed by atoms with Crippen molar-refractivity contribution in [2.24, 2.45) is 11.7 Å². The first-order valence-electron chi connectivity index (χ1n) is 11.7. The summed E-state index contributed by atoms with van der Waals surface area (Å²) in [6, 6.07) is 12.4. The summed E-state index contributed by atoms with van der Waals surface area (Å²) in [5.74, 6) is -1.50. The summed E-state index contributed by atoms with van der Waals surface area (Å²) in [7, 11) is 0. The van der Waals surface area contributed by atoms with Crippen LogP contribution in [-0.4, -0.2) is 46.4 Å². The Labute approximate surface area is 207 Å². The number of nitrogens with two attached hydrogens (primary N) is 1. The van der Waals surface area contributed by atoms with E-state index in [9.17, 15) is 24.8 Å². The van der Waals surface area contributed by atoms with Gasteiger partial charge in [0.25, 0.3) is 5.69 Å². The maximum atomic E-state index is 12.4. The molecule has 3 atom stereocenters. The van der Waals surface area contributed by atoms with Crippen molar-refractivity contribution in [1.82, 2.24) is 0 Å². The van der Waals surface area contributed by atoms with Gasteiger partial charge in [0.15, 0.2) is 0 Å². The van der Waals surface area contributed by atoms with E-state index >= 15 is 0 Å². The first-order chi connectivity index (χ1) is 17.0. The van der Waals surface area contributed by atoms with Crippen molar-refractivity contribution in [3.8, 4) is 5.75 Å². The molecule has 0 saturated heterocycles.